The molecule has 0 saturated heterocycles. The first-order valence-electron chi connectivity index (χ1n) is 5.50. The van der Waals surface area contributed by atoms with Gasteiger partial charge in [0.1, 0.15) is 0 Å². The molecule has 0 amide bonds. The van der Waals surface area contributed by atoms with E-state index in [-0.39, 0.29) is 0 Å². The fraction of sp³-hybridized carbons (Fsp3) is 0.333. The second kappa shape index (κ2) is 4.95. The van der Waals surface area contributed by atoms with Crippen LogP contribution in [0.4, 0.5) is 5.95 Å². The Morgan fingerprint density at radius 2 is 1.83 bits per heavy atom. The molecule has 1 heterocycles. The third-order valence-electron chi connectivity index (χ3n) is 2.74. The number of hydrogen-bond donors (Lipinski definition) is 1. The Bertz CT molecular complexity index is 551. The van der Waals surface area contributed by atoms with Gasteiger partial charge in [0.05, 0.1) is 14.2 Å². The molecule has 0 radical (unpaired) electrons. The van der Waals surface area contributed by atoms with E-state index in [2.05, 4.69) is 15.5 Å². The SMILES string of the molecule is CNc1nnc(-c2ccc(OC)c(OC)c2)n1C. The van der Waals surface area contributed by atoms with Crippen LogP contribution in [-0.4, -0.2) is 36.0 Å². The van der Waals surface area contributed by atoms with Crippen LogP contribution in [0.15, 0.2) is 18.2 Å². The fourth-order valence-corrected chi connectivity index (χ4v) is 1.77. The molecule has 96 valence electrons. The van der Waals surface area contributed by atoms with Gasteiger partial charge in [-0.2, -0.15) is 0 Å². The average molecular weight is 248 g/mol. The van der Waals surface area contributed by atoms with Crippen LogP contribution < -0.4 is 14.8 Å². The van der Waals surface area contributed by atoms with Crippen LogP contribution in [-0.2, 0) is 7.05 Å². The molecule has 0 spiro atoms. The van der Waals surface area contributed by atoms with E-state index < -0.39 is 0 Å². The number of benzene rings is 1. The predicted octanol–water partition coefficient (Wildman–Crippen LogP) is 1.54. The summed E-state index contributed by atoms with van der Waals surface area (Å²) in [7, 11) is 6.93. The number of aromatic nitrogens is 3. The van der Waals surface area contributed by atoms with Gasteiger partial charge < -0.3 is 14.8 Å². The molecule has 1 aromatic carbocycles. The van der Waals surface area contributed by atoms with Crippen molar-refractivity contribution in [3.63, 3.8) is 0 Å². The van der Waals surface area contributed by atoms with Gasteiger partial charge in [0.25, 0.3) is 0 Å². The summed E-state index contributed by atoms with van der Waals surface area (Å²) in [4.78, 5) is 0. The molecule has 18 heavy (non-hydrogen) atoms. The maximum absolute atomic E-state index is 5.27. The highest BCUT2D eigenvalue weighted by molar-refractivity contribution is 5.62. The van der Waals surface area contributed by atoms with Crippen molar-refractivity contribution in [2.24, 2.45) is 7.05 Å². The summed E-state index contributed by atoms with van der Waals surface area (Å²) in [5.41, 5.74) is 0.921. The highest BCUT2D eigenvalue weighted by Crippen LogP contribution is 2.31. The van der Waals surface area contributed by atoms with Crippen LogP contribution in [0.3, 0.4) is 0 Å². The summed E-state index contributed by atoms with van der Waals surface area (Å²) in [5.74, 6) is 2.83. The number of nitrogens with one attached hydrogen (secondary N) is 1. The quantitative estimate of drug-likeness (QED) is 0.889. The molecule has 0 aliphatic carbocycles. The van der Waals surface area contributed by atoms with Crippen LogP contribution in [0, 0.1) is 0 Å². The van der Waals surface area contributed by atoms with E-state index in [1.807, 2.05) is 36.9 Å². The maximum atomic E-state index is 5.27. The van der Waals surface area contributed by atoms with E-state index in [1.54, 1.807) is 14.2 Å². The van der Waals surface area contributed by atoms with Crippen molar-refractivity contribution < 1.29 is 9.47 Å². The molecule has 0 saturated carbocycles. The Balaban J connectivity index is 2.47. The third kappa shape index (κ3) is 1.97. The molecular formula is C12H16N4O2. The molecule has 0 aliphatic heterocycles. The van der Waals surface area contributed by atoms with E-state index in [4.69, 9.17) is 9.47 Å². The van der Waals surface area contributed by atoms with E-state index in [0.717, 1.165) is 11.4 Å². The number of methoxy groups -OCH3 is 2. The lowest BCUT2D eigenvalue weighted by molar-refractivity contribution is 0.355. The number of ether oxygens (including phenoxy) is 2. The molecule has 1 aromatic heterocycles. The molecule has 0 aliphatic rings. The molecule has 6 nitrogen and oxygen atoms in total. The monoisotopic (exact) mass is 248 g/mol. The first kappa shape index (κ1) is 12.2. The topological polar surface area (TPSA) is 61.2 Å². The van der Waals surface area contributed by atoms with Crippen LogP contribution in [0.2, 0.25) is 0 Å². The zero-order valence-electron chi connectivity index (χ0n) is 10.9. The van der Waals surface area contributed by atoms with Gasteiger partial charge in [-0.25, -0.2) is 0 Å². The van der Waals surface area contributed by atoms with Crippen molar-refractivity contribution in [1.82, 2.24) is 14.8 Å². The van der Waals surface area contributed by atoms with Crippen molar-refractivity contribution in [2.75, 3.05) is 26.6 Å². The van der Waals surface area contributed by atoms with Gasteiger partial charge in [0, 0.05) is 19.7 Å². The van der Waals surface area contributed by atoms with Crippen LogP contribution in [0.25, 0.3) is 11.4 Å². The summed E-state index contributed by atoms with van der Waals surface area (Å²) >= 11 is 0. The number of nitrogens with zero attached hydrogens (tertiary/aromatic N) is 3. The largest absolute Gasteiger partial charge is 0.493 e. The zero-order chi connectivity index (χ0) is 13.1. The summed E-state index contributed by atoms with van der Waals surface area (Å²) in [6.45, 7) is 0. The fourth-order valence-electron chi connectivity index (χ4n) is 1.77. The Morgan fingerprint density at radius 1 is 1.11 bits per heavy atom. The van der Waals surface area contributed by atoms with Crippen LogP contribution >= 0.6 is 0 Å². The van der Waals surface area contributed by atoms with Gasteiger partial charge >= 0.3 is 0 Å². The van der Waals surface area contributed by atoms with Crippen LogP contribution in [0.1, 0.15) is 0 Å². The number of rotatable bonds is 4. The van der Waals surface area contributed by atoms with Crippen molar-refractivity contribution in [3.05, 3.63) is 18.2 Å². The second-order valence-corrected chi connectivity index (χ2v) is 3.73. The summed E-state index contributed by atoms with van der Waals surface area (Å²) in [5, 5.41) is 11.2. The zero-order valence-corrected chi connectivity index (χ0v) is 10.9. The second-order valence-electron chi connectivity index (χ2n) is 3.73. The predicted molar refractivity (Wildman–Crippen MR) is 69.1 cm³/mol. The Morgan fingerprint density at radius 3 is 2.39 bits per heavy atom. The van der Waals surface area contributed by atoms with Crippen molar-refractivity contribution in [2.45, 2.75) is 0 Å². The smallest absolute Gasteiger partial charge is 0.224 e. The lowest BCUT2D eigenvalue weighted by Crippen LogP contribution is -2.00. The standard InChI is InChI=1S/C12H16N4O2/c1-13-12-15-14-11(16(12)2)8-5-6-9(17-3)10(7-8)18-4/h5-7H,1-4H3,(H,13,15). The van der Waals surface area contributed by atoms with Gasteiger partial charge in [-0.15, -0.1) is 10.2 Å². The van der Waals surface area contributed by atoms with Gasteiger partial charge in [-0.3, -0.25) is 4.57 Å². The third-order valence-corrected chi connectivity index (χ3v) is 2.74. The van der Waals surface area contributed by atoms with Gasteiger partial charge in [-0.1, -0.05) is 0 Å². The highest BCUT2D eigenvalue weighted by atomic mass is 16.5. The highest BCUT2D eigenvalue weighted by Gasteiger charge is 2.12. The van der Waals surface area contributed by atoms with E-state index in [0.29, 0.717) is 17.4 Å². The van der Waals surface area contributed by atoms with Crippen molar-refractivity contribution in [1.29, 1.82) is 0 Å². The van der Waals surface area contributed by atoms with E-state index in [1.165, 1.54) is 0 Å². The normalized spacial score (nSPS) is 10.2. The minimum absolute atomic E-state index is 0.670. The summed E-state index contributed by atoms with van der Waals surface area (Å²) in [6.07, 6.45) is 0. The Hall–Kier alpha value is -2.24. The van der Waals surface area contributed by atoms with Gasteiger partial charge in [0.15, 0.2) is 17.3 Å². The van der Waals surface area contributed by atoms with Gasteiger partial charge in [-0.05, 0) is 18.2 Å². The summed E-state index contributed by atoms with van der Waals surface area (Å²) in [6, 6.07) is 5.65. The van der Waals surface area contributed by atoms with E-state index >= 15 is 0 Å². The molecule has 6 heteroatoms. The average Bonchev–Trinajstić information content (AvgIpc) is 2.79. The molecule has 0 fully saturated rings. The number of hydrogen-bond acceptors (Lipinski definition) is 5. The Labute approximate surface area is 106 Å². The minimum Gasteiger partial charge on any atom is -0.493 e. The van der Waals surface area contributed by atoms with Crippen molar-refractivity contribution in [3.8, 4) is 22.9 Å². The van der Waals surface area contributed by atoms with E-state index in [9.17, 15) is 0 Å². The number of anilines is 1. The molecule has 2 aromatic rings. The minimum atomic E-state index is 0.670. The first-order chi connectivity index (χ1) is 8.71. The molecule has 0 atom stereocenters. The lowest BCUT2D eigenvalue weighted by atomic mass is 10.2. The molecule has 0 bridgehead atoms. The molecule has 2 rings (SSSR count). The van der Waals surface area contributed by atoms with Gasteiger partial charge in [0.2, 0.25) is 5.95 Å². The van der Waals surface area contributed by atoms with Crippen LogP contribution in [0.5, 0.6) is 11.5 Å². The maximum Gasteiger partial charge on any atom is 0.224 e. The first-order valence-corrected chi connectivity index (χ1v) is 5.50. The summed E-state index contributed by atoms with van der Waals surface area (Å²) < 4.78 is 12.4. The molecule has 0 unspecified atom stereocenters. The lowest BCUT2D eigenvalue weighted by Gasteiger charge is -2.09. The molecule has 1 N–H and O–H groups in total. The van der Waals surface area contributed by atoms with Crippen molar-refractivity contribution >= 4 is 5.95 Å². The molecular weight excluding hydrogens is 232 g/mol. The Kier molecular flexibility index (Phi) is 3.36.